The Morgan fingerprint density at radius 1 is 1.30 bits per heavy atom. The fraction of sp³-hybridized carbons (Fsp3) is 0.500. The van der Waals surface area contributed by atoms with Crippen molar-refractivity contribution in [1.29, 1.82) is 0 Å². The summed E-state index contributed by atoms with van der Waals surface area (Å²) in [5, 5.41) is 3.36. The molecule has 1 aliphatic heterocycles. The minimum absolute atomic E-state index is 0.0892. The van der Waals surface area contributed by atoms with Crippen molar-refractivity contribution in [3.05, 3.63) is 27.3 Å². The van der Waals surface area contributed by atoms with Gasteiger partial charge in [-0.2, -0.15) is 0 Å². The Bertz CT molecular complexity index is 949. The maximum absolute atomic E-state index is 12.8. The number of likely N-dealkylation sites (N-methyl/N-ethyl adjacent to an activating group) is 1. The van der Waals surface area contributed by atoms with Crippen LogP contribution in [0.15, 0.2) is 16.9 Å². The number of quaternary nitrogens is 1. The molecule has 0 spiro atoms. The van der Waals surface area contributed by atoms with Gasteiger partial charge < -0.3 is 24.7 Å². The second kappa shape index (κ2) is 8.53. The molecule has 9 heteroatoms. The average molecular weight is 393 g/mol. The third-order valence-electron chi connectivity index (χ3n) is 4.84. The molecule has 146 valence electrons. The van der Waals surface area contributed by atoms with E-state index in [-0.39, 0.29) is 36.0 Å². The summed E-state index contributed by atoms with van der Waals surface area (Å²) in [6, 6.07) is 3.36. The van der Waals surface area contributed by atoms with Crippen LogP contribution in [0, 0.1) is 4.77 Å². The highest BCUT2D eigenvalue weighted by Gasteiger charge is 2.17. The normalized spacial score (nSPS) is 12.7. The fourth-order valence-corrected chi connectivity index (χ4v) is 3.41. The molecule has 2 heterocycles. The number of benzene rings is 1. The van der Waals surface area contributed by atoms with E-state index in [1.807, 2.05) is 0 Å². The quantitative estimate of drug-likeness (QED) is 0.558. The molecule has 3 N–H and O–H groups in total. The predicted octanol–water partition coefficient (Wildman–Crippen LogP) is 0.219. The molecule has 1 aromatic heterocycles. The number of aromatic nitrogens is 2. The number of hydrogen-bond donors (Lipinski definition) is 3. The van der Waals surface area contributed by atoms with Gasteiger partial charge in [-0.15, -0.1) is 0 Å². The molecular formula is C18H25N4O4S+. The predicted molar refractivity (Wildman–Crippen MR) is 104 cm³/mol. The fourth-order valence-electron chi connectivity index (χ4n) is 3.13. The van der Waals surface area contributed by atoms with Crippen molar-refractivity contribution in [2.45, 2.75) is 26.8 Å². The molecule has 1 aliphatic rings. The van der Waals surface area contributed by atoms with Crippen LogP contribution in [0.4, 0.5) is 0 Å². The number of rotatable bonds is 8. The Morgan fingerprint density at radius 3 is 2.70 bits per heavy atom. The molecule has 27 heavy (non-hydrogen) atoms. The van der Waals surface area contributed by atoms with Crippen LogP contribution in [0.25, 0.3) is 10.9 Å². The molecule has 0 saturated carbocycles. The van der Waals surface area contributed by atoms with Crippen molar-refractivity contribution in [3.63, 3.8) is 0 Å². The first-order valence-electron chi connectivity index (χ1n) is 9.20. The largest absolute Gasteiger partial charge is 0.454 e. The molecular weight excluding hydrogens is 368 g/mol. The van der Waals surface area contributed by atoms with Crippen molar-refractivity contribution in [2.24, 2.45) is 0 Å². The van der Waals surface area contributed by atoms with Gasteiger partial charge in [0.25, 0.3) is 5.56 Å². The summed E-state index contributed by atoms with van der Waals surface area (Å²) in [6.45, 7) is 8.19. The molecule has 2 aromatic rings. The number of H-pyrrole nitrogens is 1. The first-order chi connectivity index (χ1) is 13.0. The number of nitrogens with zero attached hydrogens (tertiary/aromatic N) is 1. The van der Waals surface area contributed by atoms with Crippen LogP contribution in [-0.4, -0.2) is 48.4 Å². The zero-order valence-electron chi connectivity index (χ0n) is 15.6. The van der Waals surface area contributed by atoms with Crippen molar-refractivity contribution >= 4 is 29.0 Å². The van der Waals surface area contributed by atoms with Gasteiger partial charge >= 0.3 is 0 Å². The maximum atomic E-state index is 12.8. The lowest BCUT2D eigenvalue weighted by Crippen LogP contribution is -3.12. The molecule has 0 radical (unpaired) electrons. The molecule has 0 bridgehead atoms. The third kappa shape index (κ3) is 4.30. The van der Waals surface area contributed by atoms with Gasteiger partial charge in [-0.05, 0) is 32.1 Å². The van der Waals surface area contributed by atoms with Crippen LogP contribution >= 0.6 is 12.2 Å². The lowest BCUT2D eigenvalue weighted by Gasteiger charge is -2.15. The average Bonchev–Trinajstić information content (AvgIpc) is 3.11. The molecule has 0 fully saturated rings. The highest BCUT2D eigenvalue weighted by Crippen LogP contribution is 2.34. The Balaban J connectivity index is 1.68. The van der Waals surface area contributed by atoms with E-state index in [1.165, 1.54) is 9.47 Å². The number of fused-ring (bicyclic) bond motifs is 2. The summed E-state index contributed by atoms with van der Waals surface area (Å²) in [5.74, 6) is 1.03. The lowest BCUT2D eigenvalue weighted by atomic mass is 10.2. The van der Waals surface area contributed by atoms with Gasteiger partial charge in [-0.25, -0.2) is 0 Å². The zero-order chi connectivity index (χ0) is 19.4. The highest BCUT2D eigenvalue weighted by atomic mass is 32.1. The molecule has 3 rings (SSSR count). The van der Waals surface area contributed by atoms with E-state index in [1.54, 1.807) is 12.1 Å². The number of carbonyl (C=O) groups is 1. The van der Waals surface area contributed by atoms with Crippen molar-refractivity contribution in [1.82, 2.24) is 14.9 Å². The first kappa shape index (κ1) is 19.4. The van der Waals surface area contributed by atoms with Gasteiger partial charge in [0, 0.05) is 19.0 Å². The van der Waals surface area contributed by atoms with Crippen LogP contribution in [-0.2, 0) is 11.3 Å². The summed E-state index contributed by atoms with van der Waals surface area (Å²) in [4.78, 5) is 29.4. The second-order valence-electron chi connectivity index (χ2n) is 6.45. The van der Waals surface area contributed by atoms with Crippen LogP contribution in [0.1, 0.15) is 20.3 Å². The Kier molecular flexibility index (Phi) is 6.12. The molecule has 0 aliphatic carbocycles. The molecule has 8 nitrogen and oxygen atoms in total. The van der Waals surface area contributed by atoms with Crippen molar-refractivity contribution < 1.29 is 19.2 Å². The molecule has 0 unspecified atom stereocenters. The van der Waals surface area contributed by atoms with Crippen LogP contribution in [0.3, 0.4) is 0 Å². The Morgan fingerprint density at radius 2 is 2.00 bits per heavy atom. The molecule has 0 atom stereocenters. The molecule has 1 amide bonds. The third-order valence-corrected chi connectivity index (χ3v) is 5.16. The first-order valence-corrected chi connectivity index (χ1v) is 9.61. The smallest absolute Gasteiger partial charge is 0.262 e. The van der Waals surface area contributed by atoms with Gasteiger partial charge in [0.1, 0.15) is 0 Å². The van der Waals surface area contributed by atoms with E-state index < -0.39 is 0 Å². The maximum Gasteiger partial charge on any atom is 0.262 e. The minimum atomic E-state index is -0.243. The van der Waals surface area contributed by atoms with E-state index >= 15 is 0 Å². The summed E-state index contributed by atoms with van der Waals surface area (Å²) < 4.78 is 12.4. The number of hydrogen-bond acceptors (Lipinski definition) is 5. The van der Waals surface area contributed by atoms with Crippen LogP contribution in [0.2, 0.25) is 0 Å². The molecule has 0 saturated heterocycles. The molecule has 1 aromatic carbocycles. The van der Waals surface area contributed by atoms with E-state index in [0.717, 1.165) is 19.6 Å². The summed E-state index contributed by atoms with van der Waals surface area (Å²) >= 11 is 5.30. The van der Waals surface area contributed by atoms with Gasteiger partial charge in [-0.3, -0.25) is 14.2 Å². The van der Waals surface area contributed by atoms with Gasteiger partial charge in [0.2, 0.25) is 12.7 Å². The Hall–Kier alpha value is -2.39. The summed E-state index contributed by atoms with van der Waals surface area (Å²) in [5.41, 5.74) is 0.351. The number of aromatic amines is 1. The van der Waals surface area contributed by atoms with Crippen LogP contribution in [0.5, 0.6) is 11.5 Å². The number of carbonyl (C=O) groups excluding carboxylic acids is 1. The van der Waals surface area contributed by atoms with Gasteiger partial charge in [0.15, 0.2) is 16.3 Å². The van der Waals surface area contributed by atoms with E-state index in [0.29, 0.717) is 28.9 Å². The second-order valence-corrected chi connectivity index (χ2v) is 6.83. The van der Waals surface area contributed by atoms with Gasteiger partial charge in [0.05, 0.1) is 37.1 Å². The number of nitrogens with one attached hydrogen (secondary N) is 3. The number of ether oxygens (including phenoxy) is 2. The highest BCUT2D eigenvalue weighted by molar-refractivity contribution is 7.71. The van der Waals surface area contributed by atoms with Crippen molar-refractivity contribution in [3.8, 4) is 11.5 Å². The topological polar surface area (TPSA) is 89.8 Å². The Labute approximate surface area is 162 Å². The standard InChI is InChI=1S/C18H24N4O4S/c1-3-21(4-2)8-6-19-16(23)5-7-22-17(24)12-9-14-15(26-11-25-14)10-13(12)20-18(22)27/h9-10H,3-8,11H2,1-2H3,(H,19,23)(H,20,27)/p+1. The van der Waals surface area contributed by atoms with Gasteiger partial charge in [-0.1, -0.05) is 0 Å². The van der Waals surface area contributed by atoms with Crippen LogP contribution < -0.4 is 25.2 Å². The minimum Gasteiger partial charge on any atom is -0.454 e. The van der Waals surface area contributed by atoms with E-state index in [2.05, 4.69) is 24.1 Å². The SMILES string of the molecule is CC[NH+](CC)CCNC(=O)CCn1c(=S)[nH]c2cc3c(cc2c1=O)OCO3. The van der Waals surface area contributed by atoms with E-state index in [9.17, 15) is 9.59 Å². The monoisotopic (exact) mass is 393 g/mol. The summed E-state index contributed by atoms with van der Waals surface area (Å²) in [6.07, 6.45) is 0.195. The van der Waals surface area contributed by atoms with Crippen molar-refractivity contribution in [2.75, 3.05) is 33.0 Å². The zero-order valence-corrected chi connectivity index (χ0v) is 16.4. The number of amides is 1. The lowest BCUT2D eigenvalue weighted by molar-refractivity contribution is -0.895. The summed E-state index contributed by atoms with van der Waals surface area (Å²) in [7, 11) is 0. The van der Waals surface area contributed by atoms with E-state index in [4.69, 9.17) is 21.7 Å².